The molecule has 10 heteroatoms. The average Bonchev–Trinajstić information content (AvgIpc) is 3.42. The van der Waals surface area contributed by atoms with Gasteiger partial charge < -0.3 is 24.8 Å². The Hall–Kier alpha value is -4.18. The number of carbonyl (C=O) groups is 2. The van der Waals surface area contributed by atoms with Gasteiger partial charge in [0.15, 0.2) is 6.10 Å². The van der Waals surface area contributed by atoms with Crippen LogP contribution in [0.25, 0.3) is 5.65 Å². The normalized spacial score (nSPS) is 15.4. The number of carbonyl (C=O) groups excluding carboxylic acids is 1. The van der Waals surface area contributed by atoms with Crippen molar-refractivity contribution in [2.45, 2.75) is 85.0 Å². The highest BCUT2D eigenvalue weighted by atomic mass is 19.1. The molecule has 3 aromatic rings. The highest BCUT2D eigenvalue weighted by Gasteiger charge is 2.36. The molecule has 1 amide bonds. The van der Waals surface area contributed by atoms with Crippen LogP contribution < -0.4 is 15.0 Å². The predicted molar refractivity (Wildman–Crippen MR) is 178 cm³/mol. The minimum atomic E-state index is -1.24. The minimum absolute atomic E-state index is 0.0287. The number of fused-ring (bicyclic) bond motifs is 1. The number of allylic oxidation sites excluding steroid dienone is 1. The van der Waals surface area contributed by atoms with E-state index in [0.29, 0.717) is 60.0 Å². The Kier molecular flexibility index (Phi) is 10.9. The van der Waals surface area contributed by atoms with Gasteiger partial charge in [0.05, 0.1) is 12.2 Å². The second kappa shape index (κ2) is 14.5. The third-order valence-electron chi connectivity index (χ3n) is 8.43. The number of ether oxygens (including phenoxy) is 2. The predicted octanol–water partition coefficient (Wildman–Crippen LogP) is 7.18. The molecule has 2 N–H and O–H groups in total. The van der Waals surface area contributed by atoms with Crippen molar-refractivity contribution in [2.24, 2.45) is 5.41 Å². The number of aryl methyl sites for hydroxylation is 1. The van der Waals surface area contributed by atoms with E-state index < -0.39 is 29.4 Å². The first kappa shape index (κ1) is 34.7. The van der Waals surface area contributed by atoms with E-state index >= 15 is 0 Å². The number of imidazole rings is 1. The van der Waals surface area contributed by atoms with Gasteiger partial charge in [0.1, 0.15) is 28.7 Å². The molecule has 3 heterocycles. The summed E-state index contributed by atoms with van der Waals surface area (Å²) in [6.45, 7) is 19.0. The van der Waals surface area contributed by atoms with Crippen LogP contribution in [0.15, 0.2) is 55.8 Å². The van der Waals surface area contributed by atoms with E-state index in [1.165, 1.54) is 12.1 Å². The number of carboxylic acids is 1. The summed E-state index contributed by atoms with van der Waals surface area (Å²) in [5.74, 6) is -0.845. The van der Waals surface area contributed by atoms with Crippen molar-refractivity contribution < 1.29 is 28.6 Å². The van der Waals surface area contributed by atoms with E-state index in [2.05, 4.69) is 35.3 Å². The first-order valence-electron chi connectivity index (χ1n) is 15.8. The SMILES string of the molecule is C=CCCOc1ccc(F)cc1CNC(=O)c1cn2c(N3CCC(C)(CCC=C)CC3)c([C@H](OC(C)(C)C)C(=O)O)c(C)cc2n1. The van der Waals surface area contributed by atoms with Crippen molar-refractivity contribution >= 4 is 23.3 Å². The lowest BCUT2D eigenvalue weighted by Gasteiger charge is -2.42. The molecule has 1 fully saturated rings. The number of aromatic nitrogens is 2. The Bertz CT molecular complexity index is 1580. The number of benzene rings is 1. The third kappa shape index (κ3) is 8.34. The Labute approximate surface area is 271 Å². The fourth-order valence-electron chi connectivity index (χ4n) is 5.89. The molecule has 1 aromatic carbocycles. The maximum atomic E-state index is 14.1. The van der Waals surface area contributed by atoms with E-state index in [1.54, 1.807) is 28.8 Å². The van der Waals surface area contributed by atoms with Crippen molar-refractivity contribution in [1.29, 1.82) is 0 Å². The quantitative estimate of drug-likeness (QED) is 0.143. The minimum Gasteiger partial charge on any atom is -0.493 e. The molecule has 1 aliphatic rings. The van der Waals surface area contributed by atoms with Gasteiger partial charge in [-0.05, 0) is 95.0 Å². The van der Waals surface area contributed by atoms with E-state index in [-0.39, 0.29) is 17.7 Å². The van der Waals surface area contributed by atoms with Crippen LogP contribution in [-0.4, -0.2) is 51.7 Å². The van der Waals surface area contributed by atoms with Gasteiger partial charge >= 0.3 is 5.97 Å². The molecule has 1 atom stereocenters. The molecule has 0 radical (unpaired) electrons. The number of hydrogen-bond donors (Lipinski definition) is 2. The van der Waals surface area contributed by atoms with Crippen molar-refractivity contribution in [1.82, 2.24) is 14.7 Å². The van der Waals surface area contributed by atoms with Crippen LogP contribution in [0.1, 0.15) is 93.1 Å². The fraction of sp³-hybridized carbons (Fsp3) is 0.472. The van der Waals surface area contributed by atoms with Crippen LogP contribution in [0.3, 0.4) is 0 Å². The summed E-state index contributed by atoms with van der Waals surface area (Å²) < 4.78 is 27.8. The van der Waals surface area contributed by atoms with Crippen LogP contribution >= 0.6 is 0 Å². The number of pyridine rings is 1. The molecule has 248 valence electrons. The lowest BCUT2D eigenvalue weighted by atomic mass is 9.76. The zero-order chi connectivity index (χ0) is 33.6. The van der Waals surface area contributed by atoms with Gasteiger partial charge in [0, 0.05) is 37.0 Å². The number of rotatable bonds is 14. The Morgan fingerprint density at radius 1 is 1.17 bits per heavy atom. The van der Waals surface area contributed by atoms with Crippen molar-refractivity contribution in [3.05, 3.63) is 84.0 Å². The summed E-state index contributed by atoms with van der Waals surface area (Å²) >= 11 is 0. The number of halogens is 1. The van der Waals surface area contributed by atoms with Crippen LogP contribution in [0.2, 0.25) is 0 Å². The molecule has 0 saturated carbocycles. The lowest BCUT2D eigenvalue weighted by molar-refractivity contribution is -0.160. The molecule has 1 aliphatic heterocycles. The summed E-state index contributed by atoms with van der Waals surface area (Å²) in [7, 11) is 0. The largest absolute Gasteiger partial charge is 0.493 e. The van der Waals surface area contributed by atoms with E-state index in [4.69, 9.17) is 9.47 Å². The molecule has 46 heavy (non-hydrogen) atoms. The summed E-state index contributed by atoms with van der Waals surface area (Å²) in [5.41, 5.74) is 1.83. The fourth-order valence-corrected chi connectivity index (χ4v) is 5.89. The van der Waals surface area contributed by atoms with Gasteiger partial charge in [-0.3, -0.25) is 9.20 Å². The molecular formula is C36H47FN4O5. The number of anilines is 1. The second-order valence-electron chi connectivity index (χ2n) is 13.4. The highest BCUT2D eigenvalue weighted by molar-refractivity contribution is 5.93. The monoisotopic (exact) mass is 634 g/mol. The first-order valence-corrected chi connectivity index (χ1v) is 15.8. The molecule has 0 unspecified atom stereocenters. The molecule has 0 aliphatic carbocycles. The molecule has 4 rings (SSSR count). The van der Waals surface area contributed by atoms with Gasteiger partial charge in [-0.1, -0.05) is 19.1 Å². The lowest BCUT2D eigenvalue weighted by Crippen LogP contribution is -2.41. The van der Waals surface area contributed by atoms with Gasteiger partial charge in [-0.15, -0.1) is 13.2 Å². The standard InChI is InChI=1S/C36H47FN4O5/c1-8-10-14-36(7)15-17-40(18-16-36)33-30(31(34(43)44)46-35(4,5)6)24(3)20-29-39-27(23-41(29)33)32(42)38-22-25-21-26(37)12-13-28(25)45-19-11-9-2/h8-9,12-13,20-21,23,31H,1-2,10-11,14-19,22H2,3-7H3,(H,38,42)(H,43,44)/t31-/m0/s1. The van der Waals surface area contributed by atoms with E-state index in [0.717, 1.165) is 25.7 Å². The highest BCUT2D eigenvalue weighted by Crippen LogP contribution is 2.41. The van der Waals surface area contributed by atoms with Gasteiger partial charge in [0.2, 0.25) is 0 Å². The summed E-state index contributed by atoms with van der Waals surface area (Å²) in [6, 6.07) is 5.98. The number of aliphatic carboxylic acids is 1. The van der Waals surface area contributed by atoms with Crippen LogP contribution in [-0.2, 0) is 16.1 Å². The first-order chi connectivity index (χ1) is 21.7. The molecule has 9 nitrogen and oxygen atoms in total. The molecular weight excluding hydrogens is 587 g/mol. The Morgan fingerprint density at radius 2 is 1.87 bits per heavy atom. The van der Waals surface area contributed by atoms with E-state index in [9.17, 15) is 19.1 Å². The number of nitrogens with zero attached hydrogens (tertiary/aromatic N) is 3. The van der Waals surface area contributed by atoms with E-state index in [1.807, 2.05) is 33.8 Å². The van der Waals surface area contributed by atoms with Crippen molar-refractivity contribution in [3.8, 4) is 5.75 Å². The maximum absolute atomic E-state index is 14.1. The Balaban J connectivity index is 1.72. The maximum Gasteiger partial charge on any atom is 0.337 e. The zero-order valence-electron chi connectivity index (χ0n) is 27.7. The number of carboxylic acid groups (broad SMARTS) is 1. The number of piperidine rings is 1. The number of hydrogen-bond acceptors (Lipinski definition) is 6. The molecule has 0 spiro atoms. The summed E-state index contributed by atoms with van der Waals surface area (Å²) in [4.78, 5) is 33.0. The summed E-state index contributed by atoms with van der Waals surface area (Å²) in [6.07, 6.45) is 8.52. The molecule has 1 saturated heterocycles. The van der Waals surface area contributed by atoms with Gasteiger partial charge in [-0.2, -0.15) is 0 Å². The second-order valence-corrected chi connectivity index (χ2v) is 13.4. The van der Waals surface area contributed by atoms with Crippen LogP contribution in [0, 0.1) is 18.2 Å². The van der Waals surface area contributed by atoms with Crippen LogP contribution in [0.5, 0.6) is 5.75 Å². The molecule has 0 bridgehead atoms. The number of amides is 1. The third-order valence-corrected chi connectivity index (χ3v) is 8.43. The van der Waals surface area contributed by atoms with Crippen molar-refractivity contribution in [3.63, 3.8) is 0 Å². The average molecular weight is 635 g/mol. The smallest absolute Gasteiger partial charge is 0.337 e. The van der Waals surface area contributed by atoms with Crippen molar-refractivity contribution in [2.75, 3.05) is 24.6 Å². The number of nitrogens with one attached hydrogen (secondary N) is 1. The zero-order valence-corrected chi connectivity index (χ0v) is 27.7. The van der Waals surface area contributed by atoms with Crippen LogP contribution in [0.4, 0.5) is 10.2 Å². The summed E-state index contributed by atoms with van der Waals surface area (Å²) in [5, 5.41) is 13.2. The topological polar surface area (TPSA) is 105 Å². The Morgan fingerprint density at radius 3 is 2.50 bits per heavy atom. The molecule has 2 aromatic heterocycles. The van der Waals surface area contributed by atoms with Gasteiger partial charge in [0.25, 0.3) is 5.91 Å². The van der Waals surface area contributed by atoms with Gasteiger partial charge in [-0.25, -0.2) is 14.2 Å².